The predicted molar refractivity (Wildman–Crippen MR) is 328 cm³/mol. The predicted octanol–water partition coefficient (Wildman–Crippen LogP) is 20.9. The van der Waals surface area contributed by atoms with Gasteiger partial charge in [0.15, 0.2) is 0 Å². The molecule has 8 nitrogen and oxygen atoms in total. The fourth-order valence-corrected chi connectivity index (χ4v) is 11.3. The van der Waals surface area contributed by atoms with Gasteiger partial charge in [0.1, 0.15) is 13.2 Å². The Morgan fingerprint density at radius 2 is 0.720 bits per heavy atom. The first-order valence-electron chi connectivity index (χ1n) is 33.6. The molecule has 0 rings (SSSR count). The van der Waals surface area contributed by atoms with Gasteiger partial charge in [-0.25, -0.2) is 4.57 Å². The highest BCUT2D eigenvalue weighted by Gasteiger charge is 2.28. The van der Waals surface area contributed by atoms with Crippen LogP contribution in [0.1, 0.15) is 354 Å². The van der Waals surface area contributed by atoms with E-state index < -0.39 is 20.0 Å². The molecule has 9 heteroatoms. The number of amides is 1. The number of phosphoric acid groups is 1. The highest BCUT2D eigenvalue weighted by molar-refractivity contribution is 7.47. The summed E-state index contributed by atoms with van der Waals surface area (Å²) in [6.07, 6.45) is 73.0. The lowest BCUT2D eigenvalue weighted by molar-refractivity contribution is -0.870. The van der Waals surface area contributed by atoms with Crippen molar-refractivity contribution in [1.82, 2.24) is 5.32 Å². The molecule has 0 aliphatic carbocycles. The van der Waals surface area contributed by atoms with Crippen LogP contribution in [0.3, 0.4) is 0 Å². The number of aliphatic hydroxyl groups excluding tert-OH is 1. The maximum absolute atomic E-state index is 13.0. The Balaban J connectivity index is 3.98. The Morgan fingerprint density at radius 3 is 1.03 bits per heavy atom. The zero-order valence-electron chi connectivity index (χ0n) is 51.3. The summed E-state index contributed by atoms with van der Waals surface area (Å²) in [4.78, 5) is 23.4. The summed E-state index contributed by atoms with van der Waals surface area (Å²) in [6, 6.07) is -0.758. The van der Waals surface area contributed by atoms with Gasteiger partial charge in [-0.15, -0.1) is 0 Å². The van der Waals surface area contributed by atoms with E-state index in [0.717, 1.165) is 38.5 Å². The summed E-state index contributed by atoms with van der Waals surface area (Å²) in [7, 11) is 1.64. The monoisotopic (exact) mass is 1080 g/mol. The van der Waals surface area contributed by atoms with Gasteiger partial charge in [0.25, 0.3) is 0 Å². The summed E-state index contributed by atoms with van der Waals surface area (Å²) in [5, 5.41) is 14.1. The van der Waals surface area contributed by atoms with Crippen molar-refractivity contribution in [1.29, 1.82) is 0 Å². The number of allylic oxidation sites excluding steroid dienone is 2. The Labute approximate surface area is 469 Å². The minimum Gasteiger partial charge on any atom is -0.391 e. The molecule has 0 saturated carbocycles. The number of nitrogens with zero attached hydrogens (tertiary/aromatic N) is 1. The number of hydrogen-bond donors (Lipinski definition) is 3. The molecule has 0 spiro atoms. The van der Waals surface area contributed by atoms with Crippen LogP contribution in [0.2, 0.25) is 0 Å². The van der Waals surface area contributed by atoms with Gasteiger partial charge in [0, 0.05) is 6.42 Å². The highest BCUT2D eigenvalue weighted by Crippen LogP contribution is 2.43. The van der Waals surface area contributed by atoms with Crippen molar-refractivity contribution in [3.63, 3.8) is 0 Å². The third-order valence-corrected chi connectivity index (χ3v) is 16.7. The first kappa shape index (κ1) is 74.2. The fraction of sp³-hybridized carbons (Fsp3) is 0.955. The highest BCUT2D eigenvalue weighted by atomic mass is 31.2. The molecular weight excluding hydrogens is 948 g/mol. The molecule has 0 aromatic carbocycles. The molecule has 75 heavy (non-hydrogen) atoms. The van der Waals surface area contributed by atoms with E-state index in [1.807, 2.05) is 21.1 Å². The average molecular weight is 1080 g/mol. The first-order chi connectivity index (χ1) is 36.5. The van der Waals surface area contributed by atoms with Gasteiger partial charge in [0.2, 0.25) is 5.91 Å². The molecule has 3 atom stereocenters. The maximum atomic E-state index is 13.0. The lowest BCUT2D eigenvalue weighted by atomic mass is 10.0. The number of carbonyl (C=O) groups is 1. The van der Waals surface area contributed by atoms with E-state index in [1.54, 1.807) is 0 Å². The van der Waals surface area contributed by atoms with Crippen LogP contribution in [0.5, 0.6) is 0 Å². The van der Waals surface area contributed by atoms with Crippen molar-refractivity contribution in [2.75, 3.05) is 40.9 Å². The van der Waals surface area contributed by atoms with Crippen molar-refractivity contribution in [2.45, 2.75) is 366 Å². The third kappa shape index (κ3) is 60.7. The summed E-state index contributed by atoms with van der Waals surface area (Å²) < 4.78 is 23.9. The smallest absolute Gasteiger partial charge is 0.391 e. The largest absolute Gasteiger partial charge is 0.472 e. The Kier molecular flexibility index (Phi) is 57.3. The Hall–Kier alpha value is -0.760. The zero-order chi connectivity index (χ0) is 54.9. The zero-order valence-corrected chi connectivity index (χ0v) is 52.2. The number of hydrogen-bond acceptors (Lipinski definition) is 5. The van der Waals surface area contributed by atoms with Crippen molar-refractivity contribution in [3.8, 4) is 0 Å². The summed E-state index contributed by atoms with van der Waals surface area (Å²) in [6.45, 7) is 4.95. The minimum atomic E-state index is -4.32. The number of rotatable bonds is 63. The number of likely N-dealkylation sites (N-methyl/N-ethyl adjacent to an activating group) is 1. The number of nitrogens with one attached hydrogen (secondary N) is 1. The number of aliphatic hydroxyl groups is 1. The molecule has 0 aromatic rings. The number of carbonyl (C=O) groups excluding carboxylic acids is 1. The van der Waals surface area contributed by atoms with Crippen LogP contribution < -0.4 is 5.32 Å². The van der Waals surface area contributed by atoms with Crippen LogP contribution in [0.15, 0.2) is 12.2 Å². The van der Waals surface area contributed by atoms with Crippen LogP contribution in [-0.2, 0) is 18.4 Å². The normalized spacial score (nSPS) is 13.7. The molecular formula is C66H134N2O6P+. The molecule has 0 bridgehead atoms. The summed E-state index contributed by atoms with van der Waals surface area (Å²) >= 11 is 0. The van der Waals surface area contributed by atoms with Gasteiger partial charge in [-0.05, 0) is 38.5 Å². The SMILES string of the molecule is CCCCCCCCCCCCCC/C=C\CCCCCCCCCCCCCCCCCCCC(=O)NC(COP(=O)(O)OCC[N+](C)(C)C)C(O)CCCCCCCCCCCCCCCCCCCCCC. The average Bonchev–Trinajstić information content (AvgIpc) is 3.37. The van der Waals surface area contributed by atoms with Crippen LogP contribution in [0, 0.1) is 0 Å². The van der Waals surface area contributed by atoms with Crippen molar-refractivity contribution < 1.29 is 32.9 Å². The quantitative estimate of drug-likeness (QED) is 0.0243. The van der Waals surface area contributed by atoms with Crippen molar-refractivity contribution in [3.05, 3.63) is 12.2 Å². The second-order valence-electron chi connectivity index (χ2n) is 24.6. The Bertz CT molecular complexity index is 1230. The molecule has 448 valence electrons. The van der Waals surface area contributed by atoms with Gasteiger partial charge >= 0.3 is 7.82 Å². The molecule has 0 radical (unpaired) electrons. The lowest BCUT2D eigenvalue weighted by Crippen LogP contribution is -2.46. The van der Waals surface area contributed by atoms with Gasteiger partial charge in [0.05, 0.1) is 39.9 Å². The maximum Gasteiger partial charge on any atom is 0.472 e. The minimum absolute atomic E-state index is 0.0781. The van der Waals surface area contributed by atoms with Gasteiger partial charge < -0.3 is 19.8 Å². The molecule has 0 aromatic heterocycles. The molecule has 0 heterocycles. The second kappa shape index (κ2) is 57.9. The van der Waals surface area contributed by atoms with Crippen LogP contribution in [-0.4, -0.2) is 73.4 Å². The van der Waals surface area contributed by atoms with Gasteiger partial charge in [-0.1, -0.05) is 321 Å². The number of quaternary nitrogens is 1. The van der Waals surface area contributed by atoms with Gasteiger partial charge in [-0.2, -0.15) is 0 Å². The van der Waals surface area contributed by atoms with E-state index in [-0.39, 0.29) is 19.1 Å². The summed E-state index contributed by atoms with van der Waals surface area (Å²) in [5.74, 6) is -0.136. The Morgan fingerprint density at radius 1 is 0.440 bits per heavy atom. The lowest BCUT2D eigenvalue weighted by Gasteiger charge is -2.26. The molecule has 0 aliphatic rings. The van der Waals surface area contributed by atoms with Crippen molar-refractivity contribution >= 4 is 13.7 Å². The van der Waals surface area contributed by atoms with E-state index in [0.29, 0.717) is 23.9 Å². The third-order valence-electron chi connectivity index (χ3n) is 15.8. The molecule has 0 saturated heterocycles. The molecule has 0 aliphatic heterocycles. The van der Waals surface area contributed by atoms with E-state index in [9.17, 15) is 19.4 Å². The summed E-state index contributed by atoms with van der Waals surface area (Å²) in [5.41, 5.74) is 0. The number of unbranched alkanes of at least 4 members (excludes halogenated alkanes) is 48. The van der Waals surface area contributed by atoms with Crippen LogP contribution in [0.25, 0.3) is 0 Å². The van der Waals surface area contributed by atoms with Crippen LogP contribution >= 0.6 is 7.82 Å². The van der Waals surface area contributed by atoms with E-state index in [4.69, 9.17) is 9.05 Å². The topological polar surface area (TPSA) is 105 Å². The van der Waals surface area contributed by atoms with E-state index >= 15 is 0 Å². The first-order valence-corrected chi connectivity index (χ1v) is 35.0. The second-order valence-corrected chi connectivity index (χ2v) is 26.0. The van der Waals surface area contributed by atoms with E-state index in [2.05, 4.69) is 31.3 Å². The molecule has 0 fully saturated rings. The van der Waals surface area contributed by atoms with Crippen molar-refractivity contribution in [2.24, 2.45) is 0 Å². The van der Waals surface area contributed by atoms with E-state index in [1.165, 1.54) is 289 Å². The standard InChI is InChI=1S/C66H133N2O6P/c1-6-8-10-12-14-16-18-20-22-24-26-28-29-30-31-32-33-34-35-36-37-38-39-40-42-44-46-48-50-52-54-56-58-60-66(70)67-64(63-74-75(71,72)73-62-61-68(3,4)5)65(69)59-57-55-53-51-49-47-45-43-41-27-25-23-21-19-17-15-13-11-9-7-2/h30-31,64-65,69H,6-29,32-63H2,1-5H3,(H-,67,70,71,72)/p+1/b31-30-. The number of phosphoric ester groups is 1. The molecule has 1 amide bonds. The van der Waals surface area contributed by atoms with Gasteiger partial charge in [-0.3, -0.25) is 13.8 Å². The molecule has 3 unspecified atom stereocenters. The molecule has 3 N–H and O–H groups in total. The fourth-order valence-electron chi connectivity index (χ4n) is 10.5. The van der Waals surface area contributed by atoms with Crippen LogP contribution in [0.4, 0.5) is 0 Å².